The molecule has 0 saturated carbocycles. The first kappa shape index (κ1) is 20.0. The van der Waals surface area contributed by atoms with Gasteiger partial charge in [0.25, 0.3) is 0 Å². The van der Waals surface area contributed by atoms with Crippen molar-refractivity contribution in [1.29, 1.82) is 0 Å². The van der Waals surface area contributed by atoms with E-state index in [1.54, 1.807) is 0 Å². The number of nitrogens with zero attached hydrogens (tertiary/aromatic N) is 1. The number of carbonyl (C=O) groups is 2. The average molecular weight is 418 g/mol. The van der Waals surface area contributed by atoms with Crippen molar-refractivity contribution in [2.75, 3.05) is 13.2 Å². The van der Waals surface area contributed by atoms with E-state index in [4.69, 9.17) is 9.47 Å². The maximum Gasteiger partial charge on any atom is 0.312 e. The molecule has 4 atom stereocenters. The lowest BCUT2D eigenvalue weighted by Gasteiger charge is -2.31. The molecule has 0 aliphatic carbocycles. The minimum atomic E-state index is -0.752. The van der Waals surface area contributed by atoms with Crippen molar-refractivity contribution >= 4 is 11.9 Å². The van der Waals surface area contributed by atoms with E-state index in [2.05, 4.69) is 6.92 Å². The Morgan fingerprint density at radius 1 is 1.13 bits per heavy atom. The molecule has 160 valence electrons. The average Bonchev–Trinajstić information content (AvgIpc) is 3.44. The summed E-state index contributed by atoms with van der Waals surface area (Å²) in [7, 11) is 0. The molecule has 0 aromatic heterocycles. The van der Waals surface area contributed by atoms with Gasteiger partial charge in [-0.3, -0.25) is 9.59 Å². The van der Waals surface area contributed by atoms with Crippen LogP contribution in [0.5, 0.6) is 0 Å². The van der Waals surface area contributed by atoms with E-state index >= 15 is 0 Å². The highest BCUT2D eigenvalue weighted by Crippen LogP contribution is 2.54. The Morgan fingerprint density at radius 2 is 1.77 bits per heavy atom. The lowest BCUT2D eigenvalue weighted by atomic mass is 9.77. The number of ether oxygens (including phenoxy) is 2. The fourth-order valence-corrected chi connectivity index (χ4v) is 5.25. The Morgan fingerprint density at radius 3 is 2.39 bits per heavy atom. The van der Waals surface area contributed by atoms with Crippen molar-refractivity contribution in [1.82, 2.24) is 4.90 Å². The van der Waals surface area contributed by atoms with E-state index in [1.807, 2.05) is 77.7 Å². The van der Waals surface area contributed by atoms with E-state index in [-0.39, 0.29) is 24.0 Å². The molecule has 2 fully saturated rings. The minimum Gasteiger partial charge on any atom is -0.465 e. The van der Waals surface area contributed by atoms with E-state index in [0.29, 0.717) is 13.2 Å². The lowest BCUT2D eigenvalue weighted by Crippen LogP contribution is -2.40. The number of likely N-dealkylation sites (tertiary alicyclic amines) is 1. The molecule has 0 N–H and O–H groups in total. The van der Waals surface area contributed by atoms with E-state index in [9.17, 15) is 9.59 Å². The zero-order chi connectivity index (χ0) is 21.4. The number of esters is 1. The molecule has 3 heterocycles. The first-order chi connectivity index (χ1) is 15.1. The number of rotatable bonds is 7. The van der Waals surface area contributed by atoms with Crippen molar-refractivity contribution in [3.8, 4) is 0 Å². The summed E-state index contributed by atoms with van der Waals surface area (Å²) in [6.45, 7) is 2.87. The summed E-state index contributed by atoms with van der Waals surface area (Å²) >= 11 is 0. The highest BCUT2D eigenvalue weighted by Gasteiger charge is 2.68. The maximum absolute atomic E-state index is 13.8. The van der Waals surface area contributed by atoms with Crippen LogP contribution in [0.2, 0.25) is 0 Å². The molecular formula is C26H27NO4. The summed E-state index contributed by atoms with van der Waals surface area (Å²) < 4.78 is 11.8. The first-order valence-corrected chi connectivity index (χ1v) is 11.1. The van der Waals surface area contributed by atoms with Crippen LogP contribution in [0, 0.1) is 11.8 Å². The summed E-state index contributed by atoms with van der Waals surface area (Å²) in [5, 5.41) is 0. The second kappa shape index (κ2) is 7.97. The summed E-state index contributed by atoms with van der Waals surface area (Å²) in [4.78, 5) is 28.6. The van der Waals surface area contributed by atoms with E-state index in [0.717, 1.165) is 24.0 Å². The highest BCUT2D eigenvalue weighted by atomic mass is 16.6. The van der Waals surface area contributed by atoms with Gasteiger partial charge < -0.3 is 14.4 Å². The monoisotopic (exact) mass is 417 g/mol. The fourth-order valence-electron chi connectivity index (χ4n) is 5.25. The van der Waals surface area contributed by atoms with Crippen LogP contribution in [-0.2, 0) is 19.1 Å². The van der Waals surface area contributed by atoms with Gasteiger partial charge in [0.2, 0.25) is 5.91 Å². The number of hydrogen-bond acceptors (Lipinski definition) is 4. The lowest BCUT2D eigenvalue weighted by molar-refractivity contribution is -0.154. The first-order valence-electron chi connectivity index (χ1n) is 11.1. The summed E-state index contributed by atoms with van der Waals surface area (Å²) in [5.41, 5.74) is 1.33. The standard InChI is InChI=1S/C26H27NO4/c1-2-3-16-30-25(29)21-20-14-15-26(31-20)17-27(24(28)22(21)26)23(18-10-6-4-7-11-18)19-12-8-5-9-13-19/h4-15,20-23H,2-3,16-17H2,1H3/t20-,21+,22+,26-/m1/s1. The molecule has 5 rings (SSSR count). The van der Waals surface area contributed by atoms with Crippen LogP contribution in [0.15, 0.2) is 72.8 Å². The number of fused-ring (bicyclic) bond motifs is 1. The van der Waals surface area contributed by atoms with Crippen LogP contribution in [0.1, 0.15) is 36.9 Å². The van der Waals surface area contributed by atoms with Gasteiger partial charge in [0.1, 0.15) is 11.5 Å². The van der Waals surface area contributed by atoms with Gasteiger partial charge in [0, 0.05) is 0 Å². The predicted molar refractivity (Wildman–Crippen MR) is 116 cm³/mol. The van der Waals surface area contributed by atoms with Gasteiger partial charge in [-0.25, -0.2) is 0 Å². The van der Waals surface area contributed by atoms with Gasteiger partial charge in [0.05, 0.1) is 31.2 Å². The van der Waals surface area contributed by atoms with Crippen molar-refractivity contribution in [3.63, 3.8) is 0 Å². The van der Waals surface area contributed by atoms with Crippen LogP contribution in [0.4, 0.5) is 0 Å². The van der Waals surface area contributed by atoms with Crippen molar-refractivity contribution in [2.24, 2.45) is 11.8 Å². The number of benzene rings is 2. The van der Waals surface area contributed by atoms with Gasteiger partial charge in [-0.2, -0.15) is 0 Å². The van der Waals surface area contributed by atoms with Gasteiger partial charge in [-0.05, 0) is 17.5 Å². The molecule has 1 spiro atoms. The molecule has 5 heteroatoms. The van der Waals surface area contributed by atoms with Gasteiger partial charge in [-0.15, -0.1) is 0 Å². The van der Waals surface area contributed by atoms with Crippen molar-refractivity contribution in [3.05, 3.63) is 83.9 Å². The fraction of sp³-hybridized carbons (Fsp3) is 0.385. The van der Waals surface area contributed by atoms with Crippen LogP contribution in [0.3, 0.4) is 0 Å². The molecule has 0 radical (unpaired) electrons. The quantitative estimate of drug-likeness (QED) is 0.390. The Balaban J connectivity index is 1.49. The topological polar surface area (TPSA) is 55.8 Å². The van der Waals surface area contributed by atoms with Crippen molar-refractivity contribution < 1.29 is 19.1 Å². The number of hydrogen-bond donors (Lipinski definition) is 0. The normalized spacial score (nSPS) is 28.4. The molecule has 31 heavy (non-hydrogen) atoms. The third-order valence-corrected chi connectivity index (χ3v) is 6.69. The molecular weight excluding hydrogens is 390 g/mol. The number of unbranched alkanes of at least 4 members (excludes halogenated alkanes) is 1. The highest BCUT2D eigenvalue weighted by molar-refractivity contribution is 5.91. The molecule has 0 unspecified atom stereocenters. The second-order valence-corrected chi connectivity index (χ2v) is 8.61. The largest absolute Gasteiger partial charge is 0.465 e. The molecule has 2 aromatic carbocycles. The summed E-state index contributed by atoms with van der Waals surface area (Å²) in [5.74, 6) is -1.47. The van der Waals surface area contributed by atoms with Gasteiger partial charge in [-0.1, -0.05) is 86.2 Å². The molecule has 3 aliphatic rings. The molecule has 2 aromatic rings. The third-order valence-electron chi connectivity index (χ3n) is 6.69. The van der Waals surface area contributed by atoms with Crippen LogP contribution >= 0.6 is 0 Å². The minimum absolute atomic E-state index is 0.0398. The SMILES string of the molecule is CCCCOC(=O)[C@@H]1[C@H]2C(=O)N(C(c3ccccc3)c3ccccc3)C[C@]23C=C[C@H]1O3. The molecule has 2 saturated heterocycles. The number of amides is 1. The Bertz CT molecular complexity index is 949. The van der Waals surface area contributed by atoms with Crippen LogP contribution in [0.25, 0.3) is 0 Å². The molecule has 3 aliphatic heterocycles. The van der Waals surface area contributed by atoms with Crippen molar-refractivity contribution in [2.45, 2.75) is 37.5 Å². The van der Waals surface area contributed by atoms with Gasteiger partial charge >= 0.3 is 5.97 Å². The zero-order valence-corrected chi connectivity index (χ0v) is 17.6. The summed E-state index contributed by atoms with van der Waals surface area (Å²) in [6.07, 6.45) is 5.31. The number of carbonyl (C=O) groups excluding carboxylic acids is 2. The van der Waals surface area contributed by atoms with E-state index in [1.165, 1.54) is 0 Å². The zero-order valence-electron chi connectivity index (χ0n) is 17.6. The summed E-state index contributed by atoms with van der Waals surface area (Å²) in [6, 6.07) is 19.8. The Hall–Kier alpha value is -2.92. The van der Waals surface area contributed by atoms with E-state index < -0.39 is 17.4 Å². The van der Waals surface area contributed by atoms with Crippen LogP contribution in [-0.4, -0.2) is 41.6 Å². The predicted octanol–water partition coefficient (Wildman–Crippen LogP) is 3.90. The molecule has 2 bridgehead atoms. The Kier molecular flexibility index (Phi) is 5.14. The second-order valence-electron chi connectivity index (χ2n) is 8.61. The smallest absolute Gasteiger partial charge is 0.312 e. The van der Waals surface area contributed by atoms with Gasteiger partial charge in [0.15, 0.2) is 0 Å². The Labute approximate surface area is 182 Å². The third kappa shape index (κ3) is 3.28. The molecule has 1 amide bonds. The molecule has 5 nitrogen and oxygen atoms in total. The maximum atomic E-state index is 13.8. The van der Waals surface area contributed by atoms with Crippen LogP contribution < -0.4 is 0 Å².